The molecule has 1 aromatic heterocycles. The fourth-order valence-electron chi connectivity index (χ4n) is 4.28. The van der Waals surface area contributed by atoms with Gasteiger partial charge in [0.05, 0.1) is 43.7 Å². The summed E-state index contributed by atoms with van der Waals surface area (Å²) in [6.07, 6.45) is 1.73. The molecule has 0 bridgehead atoms. The van der Waals surface area contributed by atoms with Crippen LogP contribution in [0.15, 0.2) is 74.4 Å². The lowest BCUT2D eigenvalue weighted by Crippen LogP contribution is -2.42. The zero-order valence-electron chi connectivity index (χ0n) is 20.4. The maximum Gasteiger partial charge on any atom is 0.254 e. The Balaban J connectivity index is 1.68. The summed E-state index contributed by atoms with van der Waals surface area (Å²) in [6, 6.07) is 10.9. The van der Waals surface area contributed by atoms with Gasteiger partial charge in [-0.05, 0) is 56.0 Å². The van der Waals surface area contributed by atoms with Gasteiger partial charge in [-0.15, -0.1) is 0 Å². The first kappa shape index (κ1) is 24.7. The number of fused-ring (bicyclic) bond motifs is 1. The lowest BCUT2D eigenvalue weighted by Gasteiger charge is -2.38. The van der Waals surface area contributed by atoms with Crippen LogP contribution < -0.4 is 10.1 Å². The van der Waals surface area contributed by atoms with E-state index in [9.17, 15) is 9.59 Å². The number of amidine groups is 1. The summed E-state index contributed by atoms with van der Waals surface area (Å²) in [7, 11) is 1.62. The molecule has 0 saturated heterocycles. The third kappa shape index (κ3) is 5.14. The topological polar surface area (TPSA) is 87.4 Å². The maximum atomic E-state index is 13.7. The number of aliphatic imine (C=N–C) groups is 1. The van der Waals surface area contributed by atoms with Gasteiger partial charge in [0.15, 0.2) is 5.17 Å². The fourth-order valence-corrected chi connectivity index (χ4v) is 5.24. The summed E-state index contributed by atoms with van der Waals surface area (Å²) < 4.78 is 10.8. The van der Waals surface area contributed by atoms with E-state index in [0.717, 1.165) is 16.4 Å². The Bertz CT molecular complexity index is 1180. The minimum atomic E-state index is -0.426. The Kier molecular flexibility index (Phi) is 7.65. The van der Waals surface area contributed by atoms with Gasteiger partial charge in [-0.25, -0.2) is 4.99 Å². The van der Waals surface area contributed by atoms with E-state index < -0.39 is 6.04 Å². The third-order valence-corrected chi connectivity index (χ3v) is 6.96. The van der Waals surface area contributed by atoms with E-state index in [4.69, 9.17) is 14.1 Å². The van der Waals surface area contributed by atoms with Crippen LogP contribution in [0.3, 0.4) is 0 Å². The standard InChI is InChI=1S/C26H30N4O4S/c1-5-29(6-2)25(32)23-17(3)28-26-30(24(23)18-9-7-10-20(13-18)33-4)19(16-35-26)14-22(31)27-15-21-11-8-12-34-21/h7-13,16,24H,5-6,14-15H2,1-4H3,(H,27,31)/t24-/m1/s1. The van der Waals surface area contributed by atoms with Gasteiger partial charge in [0, 0.05) is 18.8 Å². The van der Waals surface area contributed by atoms with Crippen LogP contribution in [-0.2, 0) is 16.1 Å². The minimum absolute atomic E-state index is 0.0540. The van der Waals surface area contributed by atoms with Gasteiger partial charge in [0.25, 0.3) is 5.91 Å². The summed E-state index contributed by atoms with van der Waals surface area (Å²) >= 11 is 1.46. The van der Waals surface area contributed by atoms with Crippen LogP contribution in [-0.4, -0.2) is 47.0 Å². The lowest BCUT2D eigenvalue weighted by atomic mass is 9.92. The first-order valence-electron chi connectivity index (χ1n) is 11.6. The second-order valence-corrected chi connectivity index (χ2v) is 9.02. The van der Waals surface area contributed by atoms with Crippen LogP contribution in [0.25, 0.3) is 0 Å². The summed E-state index contributed by atoms with van der Waals surface area (Å²) in [6.45, 7) is 7.33. The molecule has 4 rings (SSSR count). The number of carbonyl (C=O) groups is 2. The van der Waals surface area contributed by atoms with E-state index in [1.807, 2.05) is 61.4 Å². The molecule has 2 amide bonds. The first-order chi connectivity index (χ1) is 17.0. The Morgan fingerprint density at radius 3 is 2.71 bits per heavy atom. The van der Waals surface area contributed by atoms with Crippen molar-refractivity contribution in [3.05, 3.63) is 76.4 Å². The maximum absolute atomic E-state index is 13.7. The number of likely N-dealkylation sites (N-methyl/N-ethyl adjacent to an activating group) is 1. The molecular formula is C26H30N4O4S. The van der Waals surface area contributed by atoms with Crippen LogP contribution in [0.4, 0.5) is 0 Å². The Morgan fingerprint density at radius 2 is 2.03 bits per heavy atom. The van der Waals surface area contributed by atoms with Crippen molar-refractivity contribution in [1.82, 2.24) is 15.1 Å². The fraction of sp³-hybridized carbons (Fsp3) is 0.346. The van der Waals surface area contributed by atoms with Crippen molar-refractivity contribution < 1.29 is 18.7 Å². The molecule has 0 spiro atoms. The van der Waals surface area contributed by atoms with Gasteiger partial charge in [0.2, 0.25) is 5.91 Å². The quantitative estimate of drug-likeness (QED) is 0.555. The number of hydrogen-bond donors (Lipinski definition) is 1. The average Bonchev–Trinajstić information content (AvgIpc) is 3.53. The SMILES string of the molecule is CCN(CC)C(=O)C1=C(C)N=C2SC=C(CC(=O)NCc3ccco3)N2[C@@H]1c1cccc(OC)c1. The summed E-state index contributed by atoms with van der Waals surface area (Å²) in [5.41, 5.74) is 2.98. The second-order valence-electron chi connectivity index (χ2n) is 8.18. The van der Waals surface area contributed by atoms with Gasteiger partial charge in [-0.3, -0.25) is 9.59 Å². The molecule has 2 aliphatic rings. The lowest BCUT2D eigenvalue weighted by molar-refractivity contribution is -0.127. The second kappa shape index (κ2) is 10.9. The zero-order chi connectivity index (χ0) is 24.9. The average molecular weight is 495 g/mol. The number of ether oxygens (including phenoxy) is 1. The highest BCUT2D eigenvalue weighted by molar-refractivity contribution is 8.16. The number of carbonyl (C=O) groups excluding carboxylic acids is 2. The highest BCUT2D eigenvalue weighted by Crippen LogP contribution is 2.45. The molecule has 0 aliphatic carbocycles. The van der Waals surface area contributed by atoms with Gasteiger partial charge in [-0.2, -0.15) is 0 Å². The Hall–Kier alpha value is -3.46. The number of nitrogens with zero attached hydrogens (tertiary/aromatic N) is 3. The molecule has 0 fully saturated rings. The molecule has 1 aromatic carbocycles. The van der Waals surface area contributed by atoms with E-state index in [-0.39, 0.29) is 18.2 Å². The van der Waals surface area contributed by atoms with Gasteiger partial charge in [-0.1, -0.05) is 23.9 Å². The normalized spacial score (nSPS) is 17.0. The van der Waals surface area contributed by atoms with Crippen molar-refractivity contribution in [3.8, 4) is 5.75 Å². The van der Waals surface area contributed by atoms with Crippen LogP contribution in [0.1, 0.15) is 44.6 Å². The van der Waals surface area contributed by atoms with Crippen molar-refractivity contribution in [2.45, 2.75) is 39.8 Å². The number of amides is 2. The molecule has 1 atom stereocenters. The number of furan rings is 1. The number of benzene rings is 1. The summed E-state index contributed by atoms with van der Waals surface area (Å²) in [4.78, 5) is 35.1. The van der Waals surface area contributed by atoms with Crippen molar-refractivity contribution in [2.75, 3.05) is 20.2 Å². The predicted octanol–water partition coefficient (Wildman–Crippen LogP) is 4.44. The van der Waals surface area contributed by atoms with E-state index in [1.54, 1.807) is 24.3 Å². The predicted molar refractivity (Wildman–Crippen MR) is 136 cm³/mol. The minimum Gasteiger partial charge on any atom is -0.497 e. The van der Waals surface area contributed by atoms with Crippen LogP contribution in [0.5, 0.6) is 5.75 Å². The van der Waals surface area contributed by atoms with Crippen LogP contribution >= 0.6 is 11.8 Å². The number of methoxy groups -OCH3 is 1. The molecule has 2 aromatic rings. The third-order valence-electron chi connectivity index (χ3n) is 6.07. The molecule has 0 saturated carbocycles. The van der Waals surface area contributed by atoms with E-state index >= 15 is 0 Å². The first-order valence-corrected chi connectivity index (χ1v) is 12.5. The van der Waals surface area contributed by atoms with Crippen LogP contribution in [0.2, 0.25) is 0 Å². The summed E-state index contributed by atoms with van der Waals surface area (Å²) in [5.74, 6) is 1.20. The molecule has 9 heteroatoms. The molecule has 0 radical (unpaired) electrons. The van der Waals surface area contributed by atoms with E-state index in [1.165, 1.54) is 11.8 Å². The van der Waals surface area contributed by atoms with Crippen molar-refractivity contribution in [3.63, 3.8) is 0 Å². The van der Waals surface area contributed by atoms with Crippen LogP contribution in [0, 0.1) is 0 Å². The smallest absolute Gasteiger partial charge is 0.254 e. The van der Waals surface area contributed by atoms with Crippen molar-refractivity contribution in [2.24, 2.45) is 4.99 Å². The highest BCUT2D eigenvalue weighted by atomic mass is 32.2. The molecule has 2 aliphatic heterocycles. The largest absolute Gasteiger partial charge is 0.497 e. The molecular weight excluding hydrogens is 464 g/mol. The molecule has 184 valence electrons. The Labute approximate surface area is 209 Å². The molecule has 3 heterocycles. The van der Waals surface area contributed by atoms with E-state index in [2.05, 4.69) is 5.32 Å². The number of allylic oxidation sites excluding steroid dienone is 1. The molecule has 8 nitrogen and oxygen atoms in total. The molecule has 0 unspecified atom stereocenters. The summed E-state index contributed by atoms with van der Waals surface area (Å²) in [5, 5.41) is 5.59. The zero-order valence-corrected chi connectivity index (χ0v) is 21.2. The van der Waals surface area contributed by atoms with Crippen molar-refractivity contribution in [1.29, 1.82) is 0 Å². The number of hydrogen-bond acceptors (Lipinski definition) is 7. The van der Waals surface area contributed by atoms with Gasteiger partial charge >= 0.3 is 0 Å². The number of rotatable bonds is 9. The number of nitrogens with one attached hydrogen (secondary N) is 1. The van der Waals surface area contributed by atoms with Gasteiger partial charge in [0.1, 0.15) is 11.5 Å². The van der Waals surface area contributed by atoms with Gasteiger partial charge < -0.3 is 24.3 Å². The highest BCUT2D eigenvalue weighted by Gasteiger charge is 2.41. The monoisotopic (exact) mass is 494 g/mol. The van der Waals surface area contributed by atoms with E-state index in [0.29, 0.717) is 42.4 Å². The molecule has 1 N–H and O–H groups in total. The number of thioether (sulfide) groups is 1. The van der Waals surface area contributed by atoms with Crippen molar-refractivity contribution >= 4 is 28.7 Å². The Morgan fingerprint density at radius 1 is 1.23 bits per heavy atom. The molecule has 35 heavy (non-hydrogen) atoms.